The Hall–Kier alpha value is -2.11. The smallest absolute Gasteiger partial charge is 0.294 e. The van der Waals surface area contributed by atoms with E-state index >= 15 is 0 Å². The van der Waals surface area contributed by atoms with Crippen LogP contribution in [-0.4, -0.2) is 14.0 Å². The number of hydrogen-bond donors (Lipinski definition) is 0. The molecule has 3 rings (SSSR count). The van der Waals surface area contributed by atoms with Crippen LogP contribution >= 0.6 is 0 Å². The van der Waals surface area contributed by atoms with E-state index in [-0.39, 0.29) is 0 Å². The van der Waals surface area contributed by atoms with Gasteiger partial charge < -0.3 is 4.74 Å². The molecule has 1 aliphatic rings. The minimum absolute atomic E-state index is 0.308. The summed E-state index contributed by atoms with van der Waals surface area (Å²) in [6, 6.07) is 19.4. The lowest BCUT2D eigenvalue weighted by Gasteiger charge is -2.28. The van der Waals surface area contributed by atoms with Gasteiger partial charge in [-0.05, 0) is 17.5 Å². The molecule has 126 valence electrons. The molecule has 0 spiro atoms. The quantitative estimate of drug-likeness (QED) is 0.748. The van der Waals surface area contributed by atoms with Crippen molar-refractivity contribution in [2.75, 3.05) is 0 Å². The first-order valence-corrected chi connectivity index (χ1v) is 9.39. The SMILES string of the molecule is CCC1(Cc2ccccc2)OS(=O)(=O)C=C1OCc1ccccc1. The van der Waals surface area contributed by atoms with Gasteiger partial charge in [-0.1, -0.05) is 67.6 Å². The molecule has 0 saturated heterocycles. The van der Waals surface area contributed by atoms with Gasteiger partial charge in [0, 0.05) is 6.42 Å². The van der Waals surface area contributed by atoms with Crippen molar-refractivity contribution >= 4 is 10.1 Å². The highest BCUT2D eigenvalue weighted by molar-refractivity contribution is 7.90. The van der Waals surface area contributed by atoms with Crippen LogP contribution in [0.3, 0.4) is 0 Å². The summed E-state index contributed by atoms with van der Waals surface area (Å²) >= 11 is 0. The lowest BCUT2D eigenvalue weighted by atomic mass is 9.90. The average Bonchev–Trinajstić information content (AvgIpc) is 2.85. The van der Waals surface area contributed by atoms with Crippen molar-refractivity contribution in [2.45, 2.75) is 32.0 Å². The fourth-order valence-corrected chi connectivity index (χ4v) is 4.12. The van der Waals surface area contributed by atoms with Crippen molar-refractivity contribution in [1.29, 1.82) is 0 Å². The zero-order valence-corrected chi connectivity index (χ0v) is 14.3. The van der Waals surface area contributed by atoms with Crippen LogP contribution in [0.2, 0.25) is 0 Å². The molecule has 5 heteroatoms. The minimum Gasteiger partial charge on any atom is -0.489 e. The highest BCUT2D eigenvalue weighted by Crippen LogP contribution is 2.39. The van der Waals surface area contributed by atoms with Gasteiger partial charge in [0.05, 0.1) is 5.41 Å². The molecule has 0 saturated carbocycles. The van der Waals surface area contributed by atoms with Gasteiger partial charge >= 0.3 is 0 Å². The molecule has 1 unspecified atom stereocenters. The summed E-state index contributed by atoms with van der Waals surface area (Å²) in [5.41, 5.74) is 1.01. The molecule has 0 aliphatic carbocycles. The van der Waals surface area contributed by atoms with Gasteiger partial charge in [0.15, 0.2) is 0 Å². The lowest BCUT2D eigenvalue weighted by molar-refractivity contribution is 0.0407. The average molecular weight is 344 g/mol. The third kappa shape index (κ3) is 3.68. The van der Waals surface area contributed by atoms with E-state index in [0.29, 0.717) is 25.2 Å². The summed E-state index contributed by atoms with van der Waals surface area (Å²) in [5, 5.41) is 1.11. The summed E-state index contributed by atoms with van der Waals surface area (Å²) in [5.74, 6) is 0.373. The Bertz CT molecular complexity index is 813. The second kappa shape index (κ2) is 6.79. The molecule has 0 fully saturated rings. The van der Waals surface area contributed by atoms with Gasteiger partial charge in [-0.15, -0.1) is 0 Å². The van der Waals surface area contributed by atoms with Gasteiger partial charge in [-0.3, -0.25) is 4.18 Å². The zero-order valence-electron chi connectivity index (χ0n) is 13.5. The van der Waals surface area contributed by atoms with E-state index in [1.807, 2.05) is 67.6 Å². The highest BCUT2D eigenvalue weighted by Gasteiger charge is 2.46. The Balaban J connectivity index is 1.85. The Morgan fingerprint density at radius 2 is 1.54 bits per heavy atom. The molecule has 2 aromatic carbocycles. The molecule has 0 amide bonds. The van der Waals surface area contributed by atoms with E-state index in [0.717, 1.165) is 16.5 Å². The first-order valence-electron chi connectivity index (χ1n) is 7.91. The Morgan fingerprint density at radius 1 is 0.958 bits per heavy atom. The molecule has 1 atom stereocenters. The maximum atomic E-state index is 12.0. The van der Waals surface area contributed by atoms with Gasteiger partial charge in [-0.2, -0.15) is 8.42 Å². The fourth-order valence-electron chi connectivity index (χ4n) is 2.83. The first kappa shape index (κ1) is 16.7. The van der Waals surface area contributed by atoms with Crippen LogP contribution in [0.25, 0.3) is 0 Å². The van der Waals surface area contributed by atoms with Gasteiger partial charge in [-0.25, -0.2) is 0 Å². The molecule has 0 bridgehead atoms. The van der Waals surface area contributed by atoms with E-state index in [1.54, 1.807) is 0 Å². The summed E-state index contributed by atoms with van der Waals surface area (Å²) in [7, 11) is -3.73. The van der Waals surface area contributed by atoms with Crippen molar-refractivity contribution < 1.29 is 17.3 Å². The Labute approximate surface area is 142 Å². The van der Waals surface area contributed by atoms with E-state index in [1.165, 1.54) is 0 Å². The van der Waals surface area contributed by atoms with Gasteiger partial charge in [0.2, 0.25) is 0 Å². The molecule has 24 heavy (non-hydrogen) atoms. The van der Waals surface area contributed by atoms with Gasteiger partial charge in [0.25, 0.3) is 10.1 Å². The minimum atomic E-state index is -3.73. The van der Waals surface area contributed by atoms with E-state index in [9.17, 15) is 8.42 Å². The van der Waals surface area contributed by atoms with Crippen LogP contribution < -0.4 is 0 Å². The van der Waals surface area contributed by atoms with Crippen molar-refractivity contribution in [3.63, 3.8) is 0 Å². The van der Waals surface area contributed by atoms with Crippen LogP contribution in [0.5, 0.6) is 0 Å². The van der Waals surface area contributed by atoms with Crippen molar-refractivity contribution in [3.05, 3.63) is 83.0 Å². The van der Waals surface area contributed by atoms with Gasteiger partial charge in [0.1, 0.15) is 18.0 Å². The highest BCUT2D eigenvalue weighted by atomic mass is 32.2. The molecular formula is C19H20O4S. The maximum absolute atomic E-state index is 12.0. The summed E-state index contributed by atoms with van der Waals surface area (Å²) in [6.07, 6.45) is 0.950. The molecule has 2 aromatic rings. The number of ether oxygens (including phenoxy) is 1. The zero-order chi connectivity index (χ0) is 17.0. The predicted molar refractivity (Wildman–Crippen MR) is 92.5 cm³/mol. The molecule has 1 aliphatic heterocycles. The van der Waals surface area contributed by atoms with E-state index in [2.05, 4.69) is 0 Å². The first-order chi connectivity index (χ1) is 11.5. The molecule has 0 radical (unpaired) electrons. The molecule has 1 heterocycles. The second-order valence-electron chi connectivity index (χ2n) is 5.84. The van der Waals surface area contributed by atoms with Crippen molar-refractivity contribution in [1.82, 2.24) is 0 Å². The third-order valence-corrected chi connectivity index (χ3v) is 5.17. The van der Waals surface area contributed by atoms with Crippen molar-refractivity contribution in [3.8, 4) is 0 Å². The Kier molecular flexibility index (Phi) is 4.73. The molecule has 4 nitrogen and oxygen atoms in total. The maximum Gasteiger partial charge on any atom is 0.294 e. The van der Waals surface area contributed by atoms with Crippen LogP contribution in [0.15, 0.2) is 71.8 Å². The normalized spacial score (nSPS) is 22.1. The monoisotopic (exact) mass is 344 g/mol. The number of hydrogen-bond acceptors (Lipinski definition) is 4. The summed E-state index contributed by atoms with van der Waals surface area (Å²) < 4.78 is 35.4. The largest absolute Gasteiger partial charge is 0.489 e. The molecule has 0 aromatic heterocycles. The summed E-state index contributed by atoms with van der Waals surface area (Å²) in [6.45, 7) is 2.21. The van der Waals surface area contributed by atoms with E-state index < -0.39 is 15.7 Å². The molecular weight excluding hydrogens is 324 g/mol. The molecule has 0 N–H and O–H groups in total. The van der Waals surface area contributed by atoms with Crippen LogP contribution in [-0.2, 0) is 32.1 Å². The third-order valence-electron chi connectivity index (χ3n) is 4.12. The summed E-state index contributed by atoms with van der Waals surface area (Å²) in [4.78, 5) is 0. The predicted octanol–water partition coefficient (Wildman–Crippen LogP) is 3.80. The topological polar surface area (TPSA) is 52.6 Å². The number of rotatable bonds is 6. The fraction of sp³-hybridized carbons (Fsp3) is 0.263. The standard InChI is InChI=1S/C19H20O4S/c1-2-19(13-16-9-5-3-6-10-16)18(15-24(20,21)23-19)22-14-17-11-7-4-8-12-17/h3-12,15H,2,13-14H2,1H3. The second-order valence-corrected chi connectivity index (χ2v) is 7.23. The van der Waals surface area contributed by atoms with Crippen LogP contribution in [0.4, 0.5) is 0 Å². The van der Waals surface area contributed by atoms with Crippen molar-refractivity contribution in [2.24, 2.45) is 0 Å². The lowest BCUT2D eigenvalue weighted by Crippen LogP contribution is -2.35. The van der Waals surface area contributed by atoms with E-state index in [4.69, 9.17) is 8.92 Å². The van der Waals surface area contributed by atoms with Crippen LogP contribution in [0, 0.1) is 0 Å². The number of benzene rings is 2. The Morgan fingerprint density at radius 3 is 2.12 bits per heavy atom. The van der Waals surface area contributed by atoms with Crippen LogP contribution in [0.1, 0.15) is 24.5 Å².